The first-order chi connectivity index (χ1) is 10.0. The molecule has 116 valence electrons. The Hall–Kier alpha value is -1.57. The van der Waals surface area contributed by atoms with E-state index in [1.165, 1.54) is 6.42 Å². The van der Waals surface area contributed by atoms with Crippen LogP contribution in [-0.2, 0) is 0 Å². The van der Waals surface area contributed by atoms with Gasteiger partial charge in [0.05, 0.1) is 4.92 Å². The molecule has 8 heteroatoms. The second-order valence-electron chi connectivity index (χ2n) is 5.21. The summed E-state index contributed by atoms with van der Waals surface area (Å²) in [4.78, 5) is 19.2. The second-order valence-corrected chi connectivity index (χ2v) is 6.49. The van der Waals surface area contributed by atoms with Crippen LogP contribution in [0, 0.1) is 17.0 Å². The SMILES string of the molecule is CCNc1nc(C)c([N+](=O)[O-])c(NCC2(SC)CCC2)n1. The highest BCUT2D eigenvalue weighted by molar-refractivity contribution is 8.00. The summed E-state index contributed by atoms with van der Waals surface area (Å²) in [6.07, 6.45) is 5.58. The van der Waals surface area contributed by atoms with E-state index in [2.05, 4.69) is 26.9 Å². The van der Waals surface area contributed by atoms with Crippen molar-refractivity contribution < 1.29 is 4.92 Å². The molecule has 0 unspecified atom stereocenters. The fraction of sp³-hybridized carbons (Fsp3) is 0.692. The van der Waals surface area contributed by atoms with Gasteiger partial charge in [-0.15, -0.1) is 0 Å². The number of anilines is 2. The van der Waals surface area contributed by atoms with Crippen molar-refractivity contribution in [1.29, 1.82) is 0 Å². The van der Waals surface area contributed by atoms with Crippen LogP contribution in [0.1, 0.15) is 31.9 Å². The predicted molar refractivity (Wildman–Crippen MR) is 86.2 cm³/mol. The van der Waals surface area contributed by atoms with Crippen molar-refractivity contribution in [3.8, 4) is 0 Å². The normalized spacial score (nSPS) is 16.1. The Labute approximate surface area is 128 Å². The first-order valence-electron chi connectivity index (χ1n) is 7.07. The quantitative estimate of drug-likeness (QED) is 0.590. The fourth-order valence-electron chi connectivity index (χ4n) is 2.42. The van der Waals surface area contributed by atoms with Crippen molar-refractivity contribution in [2.75, 3.05) is 30.0 Å². The average Bonchev–Trinajstić information content (AvgIpc) is 2.37. The molecular formula is C13H21N5O2S. The van der Waals surface area contributed by atoms with Crippen molar-refractivity contribution in [2.24, 2.45) is 0 Å². The third-order valence-electron chi connectivity index (χ3n) is 3.85. The molecule has 1 heterocycles. The van der Waals surface area contributed by atoms with Gasteiger partial charge >= 0.3 is 5.69 Å². The average molecular weight is 311 g/mol. The van der Waals surface area contributed by atoms with Gasteiger partial charge in [0.2, 0.25) is 11.8 Å². The topological polar surface area (TPSA) is 93.0 Å². The van der Waals surface area contributed by atoms with Crippen LogP contribution < -0.4 is 10.6 Å². The zero-order valence-corrected chi connectivity index (χ0v) is 13.4. The molecule has 0 spiro atoms. The number of thioether (sulfide) groups is 1. The van der Waals surface area contributed by atoms with Crippen molar-refractivity contribution in [2.45, 2.75) is 37.9 Å². The largest absolute Gasteiger partial charge is 0.363 e. The van der Waals surface area contributed by atoms with E-state index in [9.17, 15) is 10.1 Å². The van der Waals surface area contributed by atoms with E-state index in [-0.39, 0.29) is 10.4 Å². The molecule has 0 aliphatic heterocycles. The Balaban J connectivity index is 2.24. The highest BCUT2D eigenvalue weighted by Gasteiger charge is 2.36. The van der Waals surface area contributed by atoms with Gasteiger partial charge < -0.3 is 10.6 Å². The summed E-state index contributed by atoms with van der Waals surface area (Å²) in [5.41, 5.74) is 0.340. The maximum atomic E-state index is 11.2. The van der Waals surface area contributed by atoms with Crippen LogP contribution in [-0.4, -0.2) is 39.0 Å². The third kappa shape index (κ3) is 3.37. The zero-order chi connectivity index (χ0) is 15.5. The van der Waals surface area contributed by atoms with E-state index in [4.69, 9.17) is 0 Å². The number of nitrogens with one attached hydrogen (secondary N) is 2. The molecule has 1 aromatic heterocycles. The molecule has 1 aromatic rings. The van der Waals surface area contributed by atoms with Gasteiger partial charge in [0, 0.05) is 17.8 Å². The van der Waals surface area contributed by atoms with Gasteiger partial charge in [0.1, 0.15) is 5.69 Å². The van der Waals surface area contributed by atoms with Crippen molar-refractivity contribution in [3.63, 3.8) is 0 Å². The highest BCUT2D eigenvalue weighted by atomic mass is 32.2. The zero-order valence-electron chi connectivity index (χ0n) is 12.6. The molecule has 2 rings (SSSR count). The van der Waals surface area contributed by atoms with E-state index in [1.807, 2.05) is 18.7 Å². The molecule has 1 aliphatic carbocycles. The highest BCUT2D eigenvalue weighted by Crippen LogP contribution is 2.43. The fourth-order valence-corrected chi connectivity index (χ4v) is 3.33. The summed E-state index contributed by atoms with van der Waals surface area (Å²) in [5, 5.41) is 17.4. The van der Waals surface area contributed by atoms with E-state index < -0.39 is 4.92 Å². The molecule has 2 N–H and O–H groups in total. The van der Waals surface area contributed by atoms with Crippen LogP contribution in [0.2, 0.25) is 0 Å². The second kappa shape index (κ2) is 6.46. The summed E-state index contributed by atoms with van der Waals surface area (Å²) < 4.78 is 0.186. The summed E-state index contributed by atoms with van der Waals surface area (Å²) in [7, 11) is 0. The molecule has 0 bridgehead atoms. The molecule has 7 nitrogen and oxygen atoms in total. The number of hydrogen-bond donors (Lipinski definition) is 2. The van der Waals surface area contributed by atoms with Crippen molar-refractivity contribution >= 4 is 29.2 Å². The minimum atomic E-state index is -0.417. The smallest absolute Gasteiger partial charge is 0.332 e. The lowest BCUT2D eigenvalue weighted by atomic mass is 9.84. The van der Waals surface area contributed by atoms with E-state index in [0.717, 1.165) is 12.8 Å². The lowest BCUT2D eigenvalue weighted by Crippen LogP contribution is -2.40. The lowest BCUT2D eigenvalue weighted by Gasteiger charge is -2.40. The molecule has 1 fully saturated rings. The van der Waals surface area contributed by atoms with E-state index >= 15 is 0 Å². The minimum Gasteiger partial charge on any atom is -0.363 e. The molecule has 0 saturated heterocycles. The number of rotatable bonds is 7. The van der Waals surface area contributed by atoms with Gasteiger partial charge in [-0.3, -0.25) is 10.1 Å². The van der Waals surface area contributed by atoms with Crippen LogP contribution in [0.3, 0.4) is 0 Å². The summed E-state index contributed by atoms with van der Waals surface area (Å²) in [6.45, 7) is 4.94. The van der Waals surface area contributed by atoms with Gasteiger partial charge in [-0.1, -0.05) is 6.42 Å². The van der Waals surface area contributed by atoms with Gasteiger partial charge in [-0.25, -0.2) is 4.98 Å². The number of aromatic nitrogens is 2. The van der Waals surface area contributed by atoms with Gasteiger partial charge in [0.25, 0.3) is 0 Å². The third-order valence-corrected chi connectivity index (χ3v) is 5.27. The first-order valence-corrected chi connectivity index (χ1v) is 8.30. The van der Waals surface area contributed by atoms with E-state index in [0.29, 0.717) is 30.5 Å². The van der Waals surface area contributed by atoms with Gasteiger partial charge in [-0.2, -0.15) is 16.7 Å². The Morgan fingerprint density at radius 2 is 2.10 bits per heavy atom. The predicted octanol–water partition coefficient (Wildman–Crippen LogP) is 2.82. The number of hydrogen-bond acceptors (Lipinski definition) is 7. The maximum absolute atomic E-state index is 11.2. The lowest BCUT2D eigenvalue weighted by molar-refractivity contribution is -0.385. The Morgan fingerprint density at radius 3 is 2.57 bits per heavy atom. The van der Waals surface area contributed by atoms with Crippen molar-refractivity contribution in [1.82, 2.24) is 9.97 Å². The molecule has 1 saturated carbocycles. The van der Waals surface area contributed by atoms with Crippen LogP contribution in [0.15, 0.2) is 0 Å². The number of nitrogens with zero attached hydrogens (tertiary/aromatic N) is 3. The number of nitro groups is 1. The summed E-state index contributed by atoms with van der Waals surface area (Å²) in [5.74, 6) is 0.735. The number of aryl methyl sites for hydroxylation is 1. The standard InChI is InChI=1S/C13H21N5O2S/c1-4-14-12-16-9(2)10(18(19)20)11(17-12)15-8-13(21-3)6-5-7-13/h4-8H2,1-3H3,(H2,14,15,16,17). The Kier molecular flexibility index (Phi) is 4.87. The maximum Gasteiger partial charge on any atom is 0.332 e. The van der Waals surface area contributed by atoms with Crippen molar-refractivity contribution in [3.05, 3.63) is 15.8 Å². The molecule has 0 radical (unpaired) electrons. The van der Waals surface area contributed by atoms with Gasteiger partial charge in [0.15, 0.2) is 0 Å². The summed E-state index contributed by atoms with van der Waals surface area (Å²) >= 11 is 1.82. The Bertz CT molecular complexity index is 528. The molecular weight excluding hydrogens is 290 g/mol. The monoisotopic (exact) mass is 311 g/mol. The first kappa shape index (κ1) is 15.8. The molecule has 1 aliphatic rings. The van der Waals surface area contributed by atoms with Crippen LogP contribution >= 0.6 is 11.8 Å². The molecule has 21 heavy (non-hydrogen) atoms. The van der Waals surface area contributed by atoms with Crippen LogP contribution in [0.4, 0.5) is 17.5 Å². The van der Waals surface area contributed by atoms with Crippen LogP contribution in [0.25, 0.3) is 0 Å². The van der Waals surface area contributed by atoms with Gasteiger partial charge in [-0.05, 0) is 32.9 Å². The van der Waals surface area contributed by atoms with Crippen LogP contribution in [0.5, 0.6) is 0 Å². The summed E-state index contributed by atoms with van der Waals surface area (Å²) in [6, 6.07) is 0. The molecule has 0 atom stereocenters. The Morgan fingerprint density at radius 1 is 1.38 bits per heavy atom. The van der Waals surface area contributed by atoms with E-state index in [1.54, 1.807) is 6.92 Å². The molecule has 0 aromatic carbocycles. The molecule has 0 amide bonds. The minimum absolute atomic E-state index is 0.0350.